The van der Waals surface area contributed by atoms with Crippen molar-refractivity contribution in [3.8, 4) is 6.07 Å². The molecule has 2 rings (SSSR count). The second kappa shape index (κ2) is 5.68. The van der Waals surface area contributed by atoms with Gasteiger partial charge in [-0.1, -0.05) is 23.2 Å². The average molecular weight is 319 g/mol. The molecular formula is C12H12Cl2N2O2S. The van der Waals surface area contributed by atoms with Crippen molar-refractivity contribution in [2.45, 2.75) is 30.2 Å². The second-order valence-electron chi connectivity index (χ2n) is 4.33. The van der Waals surface area contributed by atoms with E-state index in [0.717, 1.165) is 12.8 Å². The Morgan fingerprint density at radius 1 is 1.32 bits per heavy atom. The maximum atomic E-state index is 12.6. The van der Waals surface area contributed by atoms with E-state index in [-0.39, 0.29) is 9.92 Å². The highest BCUT2D eigenvalue weighted by Crippen LogP contribution is 2.31. The minimum Gasteiger partial charge on any atom is -0.207 e. The van der Waals surface area contributed by atoms with Crippen molar-refractivity contribution < 1.29 is 8.42 Å². The van der Waals surface area contributed by atoms with Gasteiger partial charge < -0.3 is 0 Å². The lowest BCUT2D eigenvalue weighted by atomic mass is 10.1. The van der Waals surface area contributed by atoms with Crippen LogP contribution in [-0.2, 0) is 10.0 Å². The van der Waals surface area contributed by atoms with Crippen LogP contribution in [-0.4, -0.2) is 25.3 Å². The maximum Gasteiger partial charge on any atom is 0.245 e. The number of piperidine rings is 1. The SMILES string of the molecule is N#CC1CCCCN1S(=O)(=O)c1cc(Cl)ccc1Cl. The third kappa shape index (κ3) is 2.87. The first-order valence-electron chi connectivity index (χ1n) is 5.83. The quantitative estimate of drug-likeness (QED) is 0.841. The summed E-state index contributed by atoms with van der Waals surface area (Å²) in [6.07, 6.45) is 2.15. The molecule has 0 saturated carbocycles. The minimum absolute atomic E-state index is 0.0381. The molecule has 0 bridgehead atoms. The van der Waals surface area contributed by atoms with Gasteiger partial charge in [0, 0.05) is 11.6 Å². The summed E-state index contributed by atoms with van der Waals surface area (Å²) in [5, 5.41) is 9.50. The third-order valence-electron chi connectivity index (χ3n) is 3.08. The highest BCUT2D eigenvalue weighted by atomic mass is 35.5. The lowest BCUT2D eigenvalue weighted by molar-refractivity contribution is 0.297. The summed E-state index contributed by atoms with van der Waals surface area (Å²) >= 11 is 11.8. The number of hydrogen-bond acceptors (Lipinski definition) is 3. The molecule has 1 heterocycles. The van der Waals surface area contributed by atoms with Crippen molar-refractivity contribution in [3.05, 3.63) is 28.2 Å². The van der Waals surface area contributed by atoms with E-state index in [2.05, 4.69) is 0 Å². The normalized spacial score (nSPS) is 21.0. The van der Waals surface area contributed by atoms with Crippen LogP contribution in [0.1, 0.15) is 19.3 Å². The van der Waals surface area contributed by atoms with Crippen molar-refractivity contribution in [3.63, 3.8) is 0 Å². The molecule has 0 amide bonds. The van der Waals surface area contributed by atoms with Gasteiger partial charge in [0.25, 0.3) is 0 Å². The van der Waals surface area contributed by atoms with Gasteiger partial charge in [0.15, 0.2) is 0 Å². The molecule has 7 heteroatoms. The Balaban J connectivity index is 2.47. The van der Waals surface area contributed by atoms with E-state index < -0.39 is 16.1 Å². The van der Waals surface area contributed by atoms with Crippen molar-refractivity contribution in [2.75, 3.05) is 6.54 Å². The standard InChI is InChI=1S/C12H12Cl2N2O2S/c13-9-4-5-11(14)12(7-9)19(17,18)16-6-2-1-3-10(16)8-15/h4-5,7,10H,1-3,6H2. The molecule has 0 radical (unpaired) electrons. The predicted molar refractivity (Wildman–Crippen MR) is 73.6 cm³/mol. The Kier molecular flexibility index (Phi) is 4.36. The summed E-state index contributed by atoms with van der Waals surface area (Å²) in [4.78, 5) is -0.0381. The molecule has 19 heavy (non-hydrogen) atoms. The third-order valence-corrected chi connectivity index (χ3v) is 5.71. The zero-order valence-electron chi connectivity index (χ0n) is 10.0. The molecule has 1 aromatic rings. The molecular weight excluding hydrogens is 307 g/mol. The Labute approximate surface area is 122 Å². The minimum atomic E-state index is -3.78. The molecule has 1 saturated heterocycles. The Hall–Kier alpha value is -0.800. The second-order valence-corrected chi connectivity index (χ2v) is 7.03. The fraction of sp³-hybridized carbons (Fsp3) is 0.417. The van der Waals surface area contributed by atoms with E-state index in [1.807, 2.05) is 6.07 Å². The Morgan fingerprint density at radius 2 is 2.05 bits per heavy atom. The molecule has 0 spiro atoms. The highest BCUT2D eigenvalue weighted by Gasteiger charge is 2.34. The van der Waals surface area contributed by atoms with Crippen LogP contribution in [0.5, 0.6) is 0 Å². The van der Waals surface area contributed by atoms with E-state index in [4.69, 9.17) is 28.5 Å². The van der Waals surface area contributed by atoms with Gasteiger partial charge in [0.05, 0.1) is 11.1 Å². The van der Waals surface area contributed by atoms with E-state index >= 15 is 0 Å². The summed E-state index contributed by atoms with van der Waals surface area (Å²) in [5.41, 5.74) is 0. The van der Waals surface area contributed by atoms with Gasteiger partial charge in [-0.05, 0) is 37.5 Å². The fourth-order valence-electron chi connectivity index (χ4n) is 2.12. The average Bonchev–Trinajstić information content (AvgIpc) is 2.41. The van der Waals surface area contributed by atoms with Crippen LogP contribution < -0.4 is 0 Å². The number of sulfonamides is 1. The molecule has 1 aliphatic heterocycles. The van der Waals surface area contributed by atoms with Gasteiger partial charge >= 0.3 is 0 Å². The number of hydrogen-bond donors (Lipinski definition) is 0. The van der Waals surface area contributed by atoms with Crippen molar-refractivity contribution in [1.29, 1.82) is 5.26 Å². The van der Waals surface area contributed by atoms with Gasteiger partial charge in [-0.15, -0.1) is 0 Å². The van der Waals surface area contributed by atoms with Crippen LogP contribution in [0.25, 0.3) is 0 Å². The Bertz CT molecular complexity index is 625. The van der Waals surface area contributed by atoms with E-state index in [0.29, 0.717) is 18.0 Å². The number of nitrogens with zero attached hydrogens (tertiary/aromatic N) is 2. The molecule has 1 unspecified atom stereocenters. The van der Waals surface area contributed by atoms with Crippen LogP contribution in [0.4, 0.5) is 0 Å². The largest absolute Gasteiger partial charge is 0.245 e. The summed E-state index contributed by atoms with van der Waals surface area (Å²) < 4.78 is 26.3. The van der Waals surface area contributed by atoms with Gasteiger partial charge in [0.1, 0.15) is 10.9 Å². The molecule has 102 valence electrons. The molecule has 1 atom stereocenters. The van der Waals surface area contributed by atoms with E-state index in [9.17, 15) is 8.42 Å². The molecule has 0 aromatic heterocycles. The smallest absolute Gasteiger partial charge is 0.207 e. The van der Waals surface area contributed by atoms with Crippen molar-refractivity contribution >= 4 is 33.2 Å². The summed E-state index contributed by atoms with van der Waals surface area (Å²) in [6, 6.07) is 5.70. The number of halogens is 2. The molecule has 0 N–H and O–H groups in total. The number of nitriles is 1. The van der Waals surface area contributed by atoms with Crippen LogP contribution in [0.15, 0.2) is 23.1 Å². The maximum absolute atomic E-state index is 12.6. The Morgan fingerprint density at radius 3 is 2.74 bits per heavy atom. The first-order chi connectivity index (χ1) is 8.96. The van der Waals surface area contributed by atoms with Gasteiger partial charge in [0.2, 0.25) is 10.0 Å². The predicted octanol–water partition coefficient (Wildman–Crippen LogP) is 3.06. The fourth-order valence-corrected chi connectivity index (χ4v) is 4.47. The summed E-state index contributed by atoms with van der Waals surface area (Å²) in [7, 11) is -3.78. The van der Waals surface area contributed by atoms with Crippen LogP contribution in [0, 0.1) is 11.3 Å². The zero-order valence-corrected chi connectivity index (χ0v) is 12.3. The molecule has 1 fully saturated rings. The van der Waals surface area contributed by atoms with Crippen LogP contribution >= 0.6 is 23.2 Å². The highest BCUT2D eigenvalue weighted by molar-refractivity contribution is 7.89. The first kappa shape index (κ1) is 14.6. The van der Waals surface area contributed by atoms with Crippen LogP contribution in [0.2, 0.25) is 10.0 Å². The lowest BCUT2D eigenvalue weighted by Gasteiger charge is -2.30. The van der Waals surface area contributed by atoms with E-state index in [1.54, 1.807) is 0 Å². The molecule has 1 aliphatic rings. The monoisotopic (exact) mass is 318 g/mol. The molecule has 0 aliphatic carbocycles. The lowest BCUT2D eigenvalue weighted by Crippen LogP contribution is -2.42. The summed E-state index contributed by atoms with van der Waals surface area (Å²) in [5.74, 6) is 0. The molecule has 4 nitrogen and oxygen atoms in total. The van der Waals surface area contributed by atoms with Crippen molar-refractivity contribution in [2.24, 2.45) is 0 Å². The number of rotatable bonds is 2. The van der Waals surface area contributed by atoms with Gasteiger partial charge in [-0.2, -0.15) is 9.57 Å². The number of benzene rings is 1. The van der Waals surface area contributed by atoms with Gasteiger partial charge in [-0.3, -0.25) is 0 Å². The zero-order chi connectivity index (χ0) is 14.0. The van der Waals surface area contributed by atoms with E-state index in [1.165, 1.54) is 22.5 Å². The van der Waals surface area contributed by atoms with Crippen LogP contribution in [0.3, 0.4) is 0 Å². The topological polar surface area (TPSA) is 61.2 Å². The summed E-state index contributed by atoms with van der Waals surface area (Å²) in [6.45, 7) is 0.337. The first-order valence-corrected chi connectivity index (χ1v) is 8.03. The molecule has 1 aromatic carbocycles. The van der Waals surface area contributed by atoms with Gasteiger partial charge in [-0.25, -0.2) is 8.42 Å². The van der Waals surface area contributed by atoms with Crippen molar-refractivity contribution in [1.82, 2.24) is 4.31 Å².